The van der Waals surface area contributed by atoms with Crippen LogP contribution in [0.3, 0.4) is 0 Å². The van der Waals surface area contributed by atoms with Crippen LogP contribution in [-0.4, -0.2) is 63.1 Å². The summed E-state index contributed by atoms with van der Waals surface area (Å²) in [6.45, 7) is 9.67. The predicted octanol–water partition coefficient (Wildman–Crippen LogP) is 5.43. The first kappa shape index (κ1) is 32.7. The molecular weight excluding hydrogens is 598 g/mol. The van der Waals surface area contributed by atoms with Crippen molar-refractivity contribution in [3.63, 3.8) is 0 Å². The number of amides is 1. The van der Waals surface area contributed by atoms with Crippen LogP contribution in [0.15, 0.2) is 77.7 Å². The molecule has 4 unspecified atom stereocenters. The van der Waals surface area contributed by atoms with Crippen LogP contribution in [0.5, 0.6) is 0 Å². The molecule has 8 nitrogen and oxygen atoms in total. The van der Waals surface area contributed by atoms with Crippen molar-refractivity contribution in [1.29, 1.82) is 0 Å². The van der Waals surface area contributed by atoms with Gasteiger partial charge in [0, 0.05) is 49.6 Å². The molecule has 2 heterocycles. The molecule has 1 amide bonds. The zero-order valence-electron chi connectivity index (χ0n) is 25.2. The number of hydrogen-bond acceptors (Lipinski definition) is 5. The number of ether oxygens (including phenoxy) is 1. The molecule has 0 aromatic heterocycles. The highest BCUT2D eigenvalue weighted by atomic mass is 32.2. The number of nitrogens with zero attached hydrogens (tertiary/aromatic N) is 2. The van der Waals surface area contributed by atoms with Gasteiger partial charge in [0.2, 0.25) is 10.0 Å². The topological polar surface area (TPSA) is 92.1 Å². The second kappa shape index (κ2) is 14.6. The molecule has 3 aromatic rings. The van der Waals surface area contributed by atoms with Gasteiger partial charge in [-0.1, -0.05) is 41.2 Å². The van der Waals surface area contributed by atoms with Crippen molar-refractivity contribution in [3.05, 3.63) is 100 Å². The first-order valence-corrected chi connectivity index (χ1v) is 16.8. The number of piperazine rings is 1. The highest BCUT2D eigenvalue weighted by Crippen LogP contribution is 2.37. The van der Waals surface area contributed by atoms with E-state index < -0.39 is 45.6 Å². The third-order valence-electron chi connectivity index (χ3n) is 8.84. The van der Waals surface area contributed by atoms with Crippen LogP contribution in [0.4, 0.5) is 14.5 Å². The van der Waals surface area contributed by atoms with E-state index in [4.69, 9.17) is 11.3 Å². The number of carbonyl (C=O) groups excluding carboxylic acids is 1. The Morgan fingerprint density at radius 2 is 1.76 bits per heavy atom. The molecule has 238 valence electrons. The smallest absolute Gasteiger partial charge is 0.355 e. The minimum absolute atomic E-state index is 0.0116. The SMILES string of the molecule is C#[N+]C(C(=O)Nc1cccc(F)c1CCC1CNCC(C)N1S(=O)(=O)c1ccccc1)C(c1ccc(F)cc1)C1CCOCC1. The largest absolute Gasteiger partial charge is 0.381 e. The number of anilines is 1. The summed E-state index contributed by atoms with van der Waals surface area (Å²) in [6, 6.07) is 16.9. The van der Waals surface area contributed by atoms with Gasteiger partial charge in [0.25, 0.3) is 6.57 Å². The molecule has 0 saturated carbocycles. The van der Waals surface area contributed by atoms with Gasteiger partial charge < -0.3 is 15.4 Å². The maximum absolute atomic E-state index is 15.4. The molecule has 2 fully saturated rings. The Kier molecular flexibility index (Phi) is 10.6. The van der Waals surface area contributed by atoms with Gasteiger partial charge in [0.1, 0.15) is 11.6 Å². The molecule has 0 aliphatic carbocycles. The zero-order chi connectivity index (χ0) is 32.0. The van der Waals surface area contributed by atoms with Crippen molar-refractivity contribution in [2.75, 3.05) is 31.6 Å². The fourth-order valence-corrected chi connectivity index (χ4v) is 8.48. The van der Waals surface area contributed by atoms with Crippen LogP contribution in [0.25, 0.3) is 4.85 Å². The number of halogens is 2. The summed E-state index contributed by atoms with van der Waals surface area (Å²) >= 11 is 0. The van der Waals surface area contributed by atoms with Gasteiger partial charge in [-0.05, 0) is 80.5 Å². The number of rotatable bonds is 10. The van der Waals surface area contributed by atoms with Gasteiger partial charge in [0.05, 0.1) is 10.8 Å². The summed E-state index contributed by atoms with van der Waals surface area (Å²) in [7, 11) is -3.80. The van der Waals surface area contributed by atoms with Crippen molar-refractivity contribution in [2.45, 2.75) is 61.5 Å². The average molecular weight is 638 g/mol. The predicted molar refractivity (Wildman–Crippen MR) is 170 cm³/mol. The summed E-state index contributed by atoms with van der Waals surface area (Å²) in [5, 5.41) is 6.15. The molecule has 4 atom stereocenters. The fraction of sp³-hybridized carbons (Fsp3) is 0.412. The van der Waals surface area contributed by atoms with Gasteiger partial charge in [0.15, 0.2) is 0 Å². The molecule has 2 aliphatic rings. The first-order chi connectivity index (χ1) is 21.7. The van der Waals surface area contributed by atoms with Crippen LogP contribution in [0.1, 0.15) is 43.2 Å². The highest BCUT2D eigenvalue weighted by molar-refractivity contribution is 7.89. The number of sulfonamides is 1. The minimum atomic E-state index is -3.80. The van der Waals surface area contributed by atoms with Gasteiger partial charge in [-0.2, -0.15) is 4.31 Å². The molecule has 0 radical (unpaired) electrons. The minimum Gasteiger partial charge on any atom is -0.381 e. The van der Waals surface area contributed by atoms with Crippen LogP contribution >= 0.6 is 0 Å². The van der Waals surface area contributed by atoms with Gasteiger partial charge in [-0.15, -0.1) is 0 Å². The third-order valence-corrected chi connectivity index (χ3v) is 10.9. The molecule has 3 aromatic carbocycles. The standard InChI is InChI=1S/C34H38F2N4O4S/c1-23-21-38-22-27(40(23)45(42,43)28-7-4-3-5-8-28)15-16-29-30(36)9-6-10-31(29)39-34(41)33(37-2)32(25-17-19-44-20-18-25)24-11-13-26(35)14-12-24/h2-14,23,25,27,32-33,38H,15-22H2,1H3/p+1. The van der Waals surface area contributed by atoms with Gasteiger partial charge in [-0.25, -0.2) is 17.2 Å². The van der Waals surface area contributed by atoms with Crippen molar-refractivity contribution >= 4 is 21.6 Å². The van der Waals surface area contributed by atoms with E-state index in [2.05, 4.69) is 15.5 Å². The molecule has 2 saturated heterocycles. The van der Waals surface area contributed by atoms with E-state index in [0.717, 1.165) is 5.56 Å². The molecule has 2 N–H and O–H groups in total. The molecule has 0 bridgehead atoms. The Labute approximate surface area is 263 Å². The fourth-order valence-electron chi connectivity index (χ4n) is 6.62. The Morgan fingerprint density at radius 3 is 2.44 bits per heavy atom. The summed E-state index contributed by atoms with van der Waals surface area (Å²) in [6.07, 6.45) is 1.86. The Hall–Kier alpha value is -3.69. The van der Waals surface area contributed by atoms with Crippen LogP contribution in [0.2, 0.25) is 0 Å². The van der Waals surface area contributed by atoms with E-state index in [9.17, 15) is 17.6 Å². The van der Waals surface area contributed by atoms with Crippen molar-refractivity contribution in [1.82, 2.24) is 9.62 Å². The van der Waals surface area contributed by atoms with Crippen LogP contribution < -0.4 is 10.6 Å². The number of hydrogen-bond donors (Lipinski definition) is 2. The highest BCUT2D eigenvalue weighted by Gasteiger charge is 2.44. The number of nitrogens with one attached hydrogen (secondary N) is 2. The van der Waals surface area contributed by atoms with Crippen molar-refractivity contribution in [3.8, 4) is 6.57 Å². The van der Waals surface area contributed by atoms with E-state index in [1.165, 1.54) is 28.6 Å². The lowest BCUT2D eigenvalue weighted by Crippen LogP contribution is -2.58. The van der Waals surface area contributed by atoms with Crippen LogP contribution in [-0.2, 0) is 26.0 Å². The summed E-state index contributed by atoms with van der Waals surface area (Å²) in [5.41, 5.74) is 1.27. The summed E-state index contributed by atoms with van der Waals surface area (Å²) < 4.78 is 63.5. The third kappa shape index (κ3) is 7.42. The van der Waals surface area contributed by atoms with E-state index in [-0.39, 0.29) is 34.5 Å². The maximum Gasteiger partial charge on any atom is 0.355 e. The zero-order valence-corrected chi connectivity index (χ0v) is 26.1. The maximum atomic E-state index is 15.4. The Bertz CT molecular complexity index is 1610. The lowest BCUT2D eigenvalue weighted by atomic mass is 9.76. The Morgan fingerprint density at radius 1 is 1.04 bits per heavy atom. The van der Waals surface area contributed by atoms with E-state index >= 15 is 4.39 Å². The number of carbonyl (C=O) groups is 1. The van der Waals surface area contributed by atoms with E-state index in [0.29, 0.717) is 45.6 Å². The molecule has 45 heavy (non-hydrogen) atoms. The molecular formula is C34H39F2N4O4S+. The lowest BCUT2D eigenvalue weighted by molar-refractivity contribution is -0.117. The molecule has 11 heteroatoms. The lowest BCUT2D eigenvalue weighted by Gasteiger charge is -2.40. The quantitative estimate of drug-likeness (QED) is 0.310. The monoisotopic (exact) mass is 637 g/mol. The van der Waals surface area contributed by atoms with Crippen molar-refractivity contribution < 1.29 is 26.7 Å². The van der Waals surface area contributed by atoms with E-state index in [1.54, 1.807) is 48.5 Å². The molecule has 5 rings (SSSR count). The van der Waals surface area contributed by atoms with Gasteiger partial charge in [-0.3, -0.25) is 4.79 Å². The van der Waals surface area contributed by atoms with E-state index in [1.807, 2.05) is 6.92 Å². The average Bonchev–Trinajstić information content (AvgIpc) is 3.04. The van der Waals surface area contributed by atoms with Crippen LogP contribution in [0, 0.1) is 24.1 Å². The normalized spacial score (nSPS) is 21.0. The number of benzene rings is 3. The first-order valence-electron chi connectivity index (χ1n) is 15.3. The Balaban J connectivity index is 1.38. The summed E-state index contributed by atoms with van der Waals surface area (Å²) in [4.78, 5) is 18.0. The molecule has 2 aliphatic heterocycles. The van der Waals surface area contributed by atoms with Gasteiger partial charge >= 0.3 is 11.9 Å². The second-order valence-corrected chi connectivity index (χ2v) is 13.6. The van der Waals surface area contributed by atoms with Crippen molar-refractivity contribution in [2.24, 2.45) is 5.92 Å². The second-order valence-electron chi connectivity index (χ2n) is 11.7. The summed E-state index contributed by atoms with van der Waals surface area (Å²) in [5.74, 6) is -1.84. The molecule has 0 spiro atoms.